The highest BCUT2D eigenvalue weighted by molar-refractivity contribution is 7.99. The third-order valence-electron chi connectivity index (χ3n) is 3.11. The molecule has 112 valence electrons. The van der Waals surface area contributed by atoms with Crippen molar-refractivity contribution in [3.8, 4) is 0 Å². The predicted molar refractivity (Wildman–Crippen MR) is 84.5 cm³/mol. The van der Waals surface area contributed by atoms with Crippen molar-refractivity contribution in [2.45, 2.75) is 18.1 Å². The zero-order valence-corrected chi connectivity index (χ0v) is 12.8. The Kier molecular flexibility index (Phi) is 4.34. The minimum absolute atomic E-state index is 0.0232. The first-order valence-corrected chi connectivity index (χ1v) is 7.85. The molecule has 3 aromatic rings. The predicted octanol–water partition coefficient (Wildman–Crippen LogP) is 2.09. The Labute approximate surface area is 132 Å². The van der Waals surface area contributed by atoms with Crippen LogP contribution in [0.15, 0.2) is 53.9 Å². The molecule has 0 fully saturated rings. The average Bonchev–Trinajstić information content (AvgIpc) is 2.96. The van der Waals surface area contributed by atoms with E-state index < -0.39 is 0 Å². The Morgan fingerprint density at radius 3 is 2.91 bits per heavy atom. The Morgan fingerprint density at radius 2 is 2.14 bits per heavy atom. The number of rotatable bonds is 5. The van der Waals surface area contributed by atoms with Crippen molar-refractivity contribution in [3.05, 3.63) is 54.4 Å². The van der Waals surface area contributed by atoms with Crippen LogP contribution in [0.2, 0.25) is 0 Å². The molecule has 3 rings (SSSR count). The number of nitrogens with zero attached hydrogens (tertiary/aromatic N) is 4. The third kappa shape index (κ3) is 3.43. The lowest BCUT2D eigenvalue weighted by Crippen LogP contribution is -2.28. The highest BCUT2D eigenvalue weighted by atomic mass is 32.2. The van der Waals surface area contributed by atoms with Crippen LogP contribution in [0.25, 0.3) is 5.78 Å². The minimum Gasteiger partial charge on any atom is -0.349 e. The summed E-state index contributed by atoms with van der Waals surface area (Å²) in [7, 11) is 0. The molecular weight excluding hydrogens is 298 g/mol. The largest absolute Gasteiger partial charge is 0.349 e. The van der Waals surface area contributed by atoms with E-state index in [4.69, 9.17) is 0 Å². The van der Waals surface area contributed by atoms with Crippen LogP contribution in [0.5, 0.6) is 0 Å². The number of nitrogens with one attached hydrogen (secondary N) is 1. The van der Waals surface area contributed by atoms with Crippen molar-refractivity contribution < 1.29 is 4.79 Å². The first kappa shape index (κ1) is 14.5. The number of hydrogen-bond donors (Lipinski definition) is 1. The van der Waals surface area contributed by atoms with Gasteiger partial charge in [-0.1, -0.05) is 42.1 Å². The number of hydrogen-bond acceptors (Lipinski definition) is 5. The second kappa shape index (κ2) is 6.57. The molecule has 7 heteroatoms. The summed E-state index contributed by atoms with van der Waals surface area (Å²) in [5, 5.41) is 7.75. The van der Waals surface area contributed by atoms with E-state index in [1.54, 1.807) is 23.0 Å². The van der Waals surface area contributed by atoms with E-state index in [9.17, 15) is 4.79 Å². The number of amides is 1. The molecule has 0 aliphatic carbocycles. The molecule has 0 spiro atoms. The van der Waals surface area contributed by atoms with Crippen LogP contribution in [0.4, 0.5) is 0 Å². The lowest BCUT2D eigenvalue weighted by Gasteiger charge is -2.13. The molecule has 2 aromatic heterocycles. The molecule has 0 saturated heterocycles. The quantitative estimate of drug-likeness (QED) is 0.730. The number of aromatic nitrogens is 4. The molecule has 0 aliphatic rings. The maximum atomic E-state index is 12.0. The lowest BCUT2D eigenvalue weighted by molar-refractivity contribution is -0.119. The Morgan fingerprint density at radius 1 is 1.32 bits per heavy atom. The van der Waals surface area contributed by atoms with Crippen molar-refractivity contribution in [1.82, 2.24) is 24.9 Å². The molecule has 1 unspecified atom stereocenters. The number of carbonyl (C=O) groups excluding carboxylic acids is 1. The maximum absolute atomic E-state index is 12.0. The highest BCUT2D eigenvalue weighted by Crippen LogP contribution is 2.15. The summed E-state index contributed by atoms with van der Waals surface area (Å²) in [5.74, 6) is 0.755. The fourth-order valence-electron chi connectivity index (χ4n) is 2.01. The number of thioether (sulfide) groups is 1. The van der Waals surface area contributed by atoms with Gasteiger partial charge in [0.2, 0.25) is 11.1 Å². The van der Waals surface area contributed by atoms with Gasteiger partial charge in [0.1, 0.15) is 0 Å². The van der Waals surface area contributed by atoms with E-state index in [-0.39, 0.29) is 17.7 Å². The summed E-state index contributed by atoms with van der Waals surface area (Å²) in [6, 6.07) is 11.6. The number of fused-ring (bicyclic) bond motifs is 1. The SMILES string of the molecule is CC(NC(=O)CSc1nc2ncccn2n1)c1ccccc1. The fourth-order valence-corrected chi connectivity index (χ4v) is 2.65. The van der Waals surface area contributed by atoms with Gasteiger partial charge in [-0.15, -0.1) is 5.10 Å². The lowest BCUT2D eigenvalue weighted by atomic mass is 10.1. The molecule has 0 saturated carbocycles. The van der Waals surface area contributed by atoms with Crippen molar-refractivity contribution in [2.75, 3.05) is 5.75 Å². The van der Waals surface area contributed by atoms with Crippen LogP contribution in [0, 0.1) is 0 Å². The average molecular weight is 313 g/mol. The van der Waals surface area contributed by atoms with Gasteiger partial charge in [0.25, 0.3) is 5.78 Å². The molecule has 1 amide bonds. The van der Waals surface area contributed by atoms with Gasteiger partial charge < -0.3 is 5.32 Å². The maximum Gasteiger partial charge on any atom is 0.253 e. The summed E-state index contributed by atoms with van der Waals surface area (Å²) in [6.45, 7) is 1.96. The summed E-state index contributed by atoms with van der Waals surface area (Å²) in [5.41, 5.74) is 1.08. The molecule has 0 aliphatic heterocycles. The Hall–Kier alpha value is -2.41. The van der Waals surface area contributed by atoms with Gasteiger partial charge >= 0.3 is 0 Å². The van der Waals surface area contributed by atoms with E-state index in [2.05, 4.69) is 20.4 Å². The Bertz CT molecular complexity index is 741. The smallest absolute Gasteiger partial charge is 0.253 e. The van der Waals surface area contributed by atoms with Gasteiger partial charge in [0.15, 0.2) is 0 Å². The van der Waals surface area contributed by atoms with Crippen molar-refractivity contribution in [2.24, 2.45) is 0 Å². The van der Waals surface area contributed by atoms with Crippen LogP contribution in [-0.2, 0) is 4.79 Å². The first-order valence-electron chi connectivity index (χ1n) is 6.87. The molecule has 1 atom stereocenters. The standard InChI is InChI=1S/C15H15N5OS/c1-11(12-6-3-2-4-7-12)17-13(21)10-22-15-18-14-16-8-5-9-20(14)19-15/h2-9,11H,10H2,1H3,(H,17,21). The molecule has 1 N–H and O–H groups in total. The molecule has 6 nitrogen and oxygen atoms in total. The zero-order valence-electron chi connectivity index (χ0n) is 12.0. The fraction of sp³-hybridized carbons (Fsp3) is 0.200. The Balaban J connectivity index is 1.56. The first-order chi connectivity index (χ1) is 10.7. The number of benzene rings is 1. The molecule has 2 heterocycles. The van der Waals surface area contributed by atoms with E-state index in [0.717, 1.165) is 5.56 Å². The molecule has 0 bridgehead atoms. The minimum atomic E-state index is -0.0480. The van der Waals surface area contributed by atoms with Gasteiger partial charge in [0.05, 0.1) is 11.8 Å². The molecule has 22 heavy (non-hydrogen) atoms. The van der Waals surface area contributed by atoms with Gasteiger partial charge in [0, 0.05) is 12.4 Å². The van der Waals surface area contributed by atoms with Gasteiger partial charge in [-0.05, 0) is 18.6 Å². The van der Waals surface area contributed by atoms with Gasteiger partial charge in [-0.25, -0.2) is 9.50 Å². The second-order valence-corrected chi connectivity index (χ2v) is 5.69. The molecule has 1 aromatic carbocycles. The normalized spacial score (nSPS) is 12.2. The summed E-state index contributed by atoms with van der Waals surface area (Å²) >= 11 is 1.30. The van der Waals surface area contributed by atoms with Crippen molar-refractivity contribution in [1.29, 1.82) is 0 Å². The van der Waals surface area contributed by atoms with Crippen LogP contribution in [0.1, 0.15) is 18.5 Å². The van der Waals surface area contributed by atoms with Crippen LogP contribution >= 0.6 is 11.8 Å². The topological polar surface area (TPSA) is 72.2 Å². The zero-order chi connectivity index (χ0) is 15.4. The second-order valence-electron chi connectivity index (χ2n) is 4.75. The van der Waals surface area contributed by atoms with Crippen LogP contribution in [-0.4, -0.2) is 31.2 Å². The number of carbonyl (C=O) groups is 1. The van der Waals surface area contributed by atoms with Crippen LogP contribution in [0.3, 0.4) is 0 Å². The van der Waals surface area contributed by atoms with Crippen LogP contribution < -0.4 is 5.32 Å². The third-order valence-corrected chi connectivity index (χ3v) is 3.94. The van der Waals surface area contributed by atoms with E-state index in [0.29, 0.717) is 10.9 Å². The summed E-state index contributed by atoms with van der Waals surface area (Å²) in [6.07, 6.45) is 3.43. The van der Waals surface area contributed by atoms with Gasteiger partial charge in [-0.2, -0.15) is 4.98 Å². The van der Waals surface area contributed by atoms with Gasteiger partial charge in [-0.3, -0.25) is 4.79 Å². The monoisotopic (exact) mass is 313 g/mol. The van der Waals surface area contributed by atoms with E-state index in [1.807, 2.05) is 37.3 Å². The molecular formula is C15H15N5OS. The summed E-state index contributed by atoms with van der Waals surface area (Å²) < 4.78 is 1.59. The van der Waals surface area contributed by atoms with Crippen molar-refractivity contribution in [3.63, 3.8) is 0 Å². The molecule has 0 radical (unpaired) electrons. The van der Waals surface area contributed by atoms with Crippen molar-refractivity contribution >= 4 is 23.4 Å². The van der Waals surface area contributed by atoms with E-state index >= 15 is 0 Å². The summed E-state index contributed by atoms with van der Waals surface area (Å²) in [4.78, 5) is 20.3. The van der Waals surface area contributed by atoms with E-state index in [1.165, 1.54) is 11.8 Å². The highest BCUT2D eigenvalue weighted by Gasteiger charge is 2.11.